The lowest BCUT2D eigenvalue weighted by molar-refractivity contribution is 0.0204. The van der Waals surface area contributed by atoms with E-state index >= 15 is 4.39 Å². The molecule has 4 heterocycles. The Bertz CT molecular complexity index is 1560. The standard InChI is InChI=1S/C27H25ClF2N6O/c1-4-20(37)35-11-10-18-19(35)13-36(18)26-16-12-31-24(23(30)25(16)32-27(33-26)34(2)3)15-7-5-6-14-8-9-17(29)22(28)21(14)15/h4-9,12,18-20,37H,1,10-11,13H2,2-3H3/t18-,19-,20?/m1/s1. The summed E-state index contributed by atoms with van der Waals surface area (Å²) in [5.74, 6) is -0.235. The molecule has 0 aliphatic carbocycles. The second kappa shape index (κ2) is 8.86. The van der Waals surface area contributed by atoms with Crippen LogP contribution in [-0.4, -0.2) is 70.5 Å². The second-order valence-electron chi connectivity index (χ2n) is 9.65. The normalized spacial score (nSPS) is 20.2. The summed E-state index contributed by atoms with van der Waals surface area (Å²) in [5, 5.41) is 11.8. The first-order chi connectivity index (χ1) is 17.8. The molecule has 2 saturated heterocycles. The monoisotopic (exact) mass is 522 g/mol. The van der Waals surface area contributed by atoms with Crippen molar-refractivity contribution < 1.29 is 13.9 Å². The van der Waals surface area contributed by atoms with Crippen LogP contribution in [-0.2, 0) is 0 Å². The number of halogens is 3. The average molecular weight is 523 g/mol. The summed E-state index contributed by atoms with van der Waals surface area (Å²) in [5.41, 5.74) is 0.567. The molecular formula is C27H25ClF2N6O. The first kappa shape index (κ1) is 24.0. The Balaban J connectivity index is 1.50. The van der Waals surface area contributed by atoms with Gasteiger partial charge in [0.05, 0.1) is 16.5 Å². The van der Waals surface area contributed by atoms with E-state index in [4.69, 9.17) is 16.6 Å². The van der Waals surface area contributed by atoms with Gasteiger partial charge in [0.25, 0.3) is 0 Å². The van der Waals surface area contributed by atoms with Crippen LogP contribution in [0.3, 0.4) is 0 Å². The first-order valence-electron chi connectivity index (χ1n) is 12.0. The summed E-state index contributed by atoms with van der Waals surface area (Å²) in [6.07, 6.45) is 3.25. The Morgan fingerprint density at radius 3 is 2.76 bits per heavy atom. The van der Waals surface area contributed by atoms with Crippen LogP contribution in [0.2, 0.25) is 5.02 Å². The summed E-state index contributed by atoms with van der Waals surface area (Å²) in [6, 6.07) is 8.42. The van der Waals surface area contributed by atoms with E-state index in [0.29, 0.717) is 40.0 Å². The molecule has 0 bridgehead atoms. The lowest BCUT2D eigenvalue weighted by Crippen LogP contribution is -2.63. The average Bonchev–Trinajstić information content (AvgIpc) is 3.21. The van der Waals surface area contributed by atoms with E-state index in [1.165, 1.54) is 12.1 Å². The highest BCUT2D eigenvalue weighted by molar-refractivity contribution is 6.36. The summed E-state index contributed by atoms with van der Waals surface area (Å²) in [7, 11) is 3.60. The van der Waals surface area contributed by atoms with E-state index in [9.17, 15) is 9.50 Å². The predicted molar refractivity (Wildman–Crippen MR) is 142 cm³/mol. The Morgan fingerprint density at radius 1 is 1.19 bits per heavy atom. The molecule has 2 aromatic heterocycles. The molecule has 0 radical (unpaired) electrons. The minimum absolute atomic E-state index is 0.0441. The van der Waals surface area contributed by atoms with E-state index in [2.05, 4.69) is 21.4 Å². The van der Waals surface area contributed by atoms with Crippen LogP contribution < -0.4 is 9.80 Å². The number of rotatable bonds is 5. The van der Waals surface area contributed by atoms with E-state index in [-0.39, 0.29) is 28.3 Å². The van der Waals surface area contributed by atoms with E-state index in [0.717, 1.165) is 13.0 Å². The Morgan fingerprint density at radius 2 is 2.00 bits per heavy atom. The van der Waals surface area contributed by atoms with Gasteiger partial charge in [0.1, 0.15) is 29.1 Å². The van der Waals surface area contributed by atoms with Crippen molar-refractivity contribution in [3.63, 3.8) is 0 Å². The van der Waals surface area contributed by atoms with Crippen LogP contribution in [0.1, 0.15) is 6.42 Å². The third kappa shape index (κ3) is 3.64. The zero-order chi connectivity index (χ0) is 26.0. The van der Waals surface area contributed by atoms with Gasteiger partial charge in [-0.1, -0.05) is 42.4 Å². The predicted octanol–water partition coefficient (Wildman–Crippen LogP) is 4.61. The van der Waals surface area contributed by atoms with Crippen molar-refractivity contribution in [1.82, 2.24) is 19.9 Å². The first-order valence-corrected chi connectivity index (χ1v) is 12.4. The highest BCUT2D eigenvalue weighted by Crippen LogP contribution is 2.42. The Kier molecular flexibility index (Phi) is 5.74. The molecule has 1 N–H and O–H groups in total. The van der Waals surface area contributed by atoms with Crippen molar-refractivity contribution in [2.24, 2.45) is 0 Å². The van der Waals surface area contributed by atoms with Crippen molar-refractivity contribution in [1.29, 1.82) is 0 Å². The summed E-state index contributed by atoms with van der Waals surface area (Å²) in [4.78, 5) is 19.6. The zero-order valence-electron chi connectivity index (χ0n) is 20.4. The molecule has 2 aromatic carbocycles. The fourth-order valence-electron chi connectivity index (χ4n) is 5.50. The lowest BCUT2D eigenvalue weighted by Gasteiger charge is -2.48. The number of likely N-dealkylation sites (tertiary alicyclic amines) is 1. The maximum atomic E-state index is 16.2. The minimum Gasteiger partial charge on any atom is -0.375 e. The van der Waals surface area contributed by atoms with Gasteiger partial charge in [0, 0.05) is 50.4 Å². The number of fused-ring (bicyclic) bond motifs is 3. The van der Waals surface area contributed by atoms with Crippen LogP contribution in [0.5, 0.6) is 0 Å². The number of nitrogens with zero attached hydrogens (tertiary/aromatic N) is 6. The Hall–Kier alpha value is -3.40. The molecule has 2 aliphatic heterocycles. The number of hydrogen-bond acceptors (Lipinski definition) is 7. The van der Waals surface area contributed by atoms with Gasteiger partial charge >= 0.3 is 0 Å². The van der Waals surface area contributed by atoms with Gasteiger partial charge in [0.2, 0.25) is 5.95 Å². The highest BCUT2D eigenvalue weighted by atomic mass is 35.5. The third-order valence-electron chi connectivity index (χ3n) is 7.40. The molecule has 3 atom stereocenters. The smallest absolute Gasteiger partial charge is 0.227 e. The number of aliphatic hydroxyl groups is 1. The summed E-state index contributed by atoms with van der Waals surface area (Å²) in [6.45, 7) is 5.07. The molecule has 0 amide bonds. The molecule has 2 aliphatic rings. The van der Waals surface area contributed by atoms with Crippen molar-refractivity contribution in [3.05, 3.63) is 65.8 Å². The fraction of sp³-hybridized carbons (Fsp3) is 0.296. The largest absolute Gasteiger partial charge is 0.375 e. The van der Waals surface area contributed by atoms with Gasteiger partial charge in [0.15, 0.2) is 5.82 Å². The van der Waals surface area contributed by atoms with Crippen LogP contribution in [0, 0.1) is 11.6 Å². The highest BCUT2D eigenvalue weighted by Gasteiger charge is 2.49. The van der Waals surface area contributed by atoms with E-state index in [1.807, 2.05) is 4.90 Å². The maximum Gasteiger partial charge on any atom is 0.227 e. The van der Waals surface area contributed by atoms with Crippen molar-refractivity contribution in [2.45, 2.75) is 24.7 Å². The van der Waals surface area contributed by atoms with Crippen LogP contribution in [0.15, 0.2) is 49.2 Å². The topological polar surface area (TPSA) is 68.6 Å². The molecule has 0 spiro atoms. The number of aliphatic hydroxyl groups excluding tert-OH is 1. The number of benzene rings is 2. The fourth-order valence-corrected chi connectivity index (χ4v) is 5.77. The maximum absolute atomic E-state index is 16.2. The van der Waals surface area contributed by atoms with Crippen molar-refractivity contribution in [2.75, 3.05) is 37.0 Å². The second-order valence-corrected chi connectivity index (χ2v) is 10.0. The molecule has 1 unspecified atom stereocenters. The molecule has 2 fully saturated rings. The molecule has 6 rings (SSSR count). The SMILES string of the molecule is C=CC(O)N1CC[C@@H]2[C@H]1CN2c1nc(N(C)C)nc2c(F)c(-c3cccc4ccc(F)c(Cl)c34)ncc12. The van der Waals surface area contributed by atoms with Crippen molar-refractivity contribution in [3.8, 4) is 11.3 Å². The molecule has 7 nitrogen and oxygen atoms in total. The number of aromatic nitrogens is 3. The van der Waals surface area contributed by atoms with Gasteiger partial charge in [-0.05, 0) is 23.9 Å². The van der Waals surface area contributed by atoms with Crippen LogP contribution in [0.4, 0.5) is 20.5 Å². The van der Waals surface area contributed by atoms with Gasteiger partial charge < -0.3 is 14.9 Å². The molecule has 4 aromatic rings. The van der Waals surface area contributed by atoms with E-state index in [1.54, 1.807) is 49.5 Å². The zero-order valence-corrected chi connectivity index (χ0v) is 21.1. The molecule has 0 saturated carbocycles. The molecule has 10 heteroatoms. The van der Waals surface area contributed by atoms with Gasteiger partial charge in [-0.25, -0.2) is 13.8 Å². The number of pyridine rings is 1. The van der Waals surface area contributed by atoms with Gasteiger partial charge in [-0.2, -0.15) is 4.98 Å². The van der Waals surface area contributed by atoms with Crippen LogP contribution >= 0.6 is 11.6 Å². The minimum atomic E-state index is -0.698. The number of hydrogen-bond donors (Lipinski definition) is 1. The molecule has 190 valence electrons. The van der Waals surface area contributed by atoms with Crippen molar-refractivity contribution >= 4 is 45.0 Å². The lowest BCUT2D eigenvalue weighted by atomic mass is 9.96. The molecular weight excluding hydrogens is 498 g/mol. The van der Waals surface area contributed by atoms with E-state index < -0.39 is 17.9 Å². The quantitative estimate of drug-likeness (QED) is 0.384. The van der Waals surface area contributed by atoms with Gasteiger partial charge in [-0.15, -0.1) is 0 Å². The third-order valence-corrected chi connectivity index (χ3v) is 7.77. The summed E-state index contributed by atoms with van der Waals surface area (Å²) < 4.78 is 30.6. The molecule has 37 heavy (non-hydrogen) atoms. The Labute approximate surface area is 217 Å². The number of anilines is 2. The van der Waals surface area contributed by atoms with Crippen LogP contribution in [0.25, 0.3) is 32.9 Å². The summed E-state index contributed by atoms with van der Waals surface area (Å²) >= 11 is 6.32. The van der Waals surface area contributed by atoms with Gasteiger partial charge in [-0.3, -0.25) is 9.88 Å².